The topological polar surface area (TPSA) is 30.0 Å². The van der Waals surface area contributed by atoms with E-state index < -0.39 is 0 Å². The molecule has 2 rings (SSSR count). The Bertz CT molecular complexity index is 657. The van der Waals surface area contributed by atoms with E-state index in [-0.39, 0.29) is 11.2 Å². The molecule has 0 bridgehead atoms. The summed E-state index contributed by atoms with van der Waals surface area (Å²) >= 11 is 0. The molecule has 0 radical (unpaired) electrons. The number of ketones is 1. The summed E-state index contributed by atoms with van der Waals surface area (Å²) in [5.74, 6) is 0.196. The van der Waals surface area contributed by atoms with Crippen LogP contribution < -0.4 is 0 Å². The largest absolute Gasteiger partial charge is 0.294 e. The third-order valence-electron chi connectivity index (χ3n) is 4.27. The number of aromatic nitrogens is 1. The maximum atomic E-state index is 12.7. The molecule has 120 valence electrons. The van der Waals surface area contributed by atoms with E-state index in [4.69, 9.17) is 0 Å². The first-order valence-electron chi connectivity index (χ1n) is 8.13. The first-order valence-corrected chi connectivity index (χ1v) is 8.13. The molecule has 0 aliphatic heterocycles. The van der Waals surface area contributed by atoms with Crippen molar-refractivity contribution in [1.29, 1.82) is 0 Å². The lowest BCUT2D eigenvalue weighted by molar-refractivity contribution is 0.0950. The third kappa shape index (κ3) is 4.88. The van der Waals surface area contributed by atoms with Crippen molar-refractivity contribution in [1.82, 2.24) is 4.98 Å². The molecule has 0 aliphatic rings. The Kier molecular flexibility index (Phi) is 5.86. The van der Waals surface area contributed by atoms with E-state index in [1.807, 2.05) is 54.9 Å². The van der Waals surface area contributed by atoms with Crippen molar-refractivity contribution in [3.63, 3.8) is 0 Å². The maximum Gasteiger partial charge on any atom is 0.163 e. The van der Waals surface area contributed by atoms with Gasteiger partial charge in [0.05, 0.1) is 0 Å². The molecule has 0 N–H and O–H groups in total. The van der Waals surface area contributed by atoms with Crippen LogP contribution in [0.1, 0.15) is 56.0 Å². The lowest BCUT2D eigenvalue weighted by atomic mass is 9.74. The van der Waals surface area contributed by atoms with Gasteiger partial charge >= 0.3 is 0 Å². The van der Waals surface area contributed by atoms with Gasteiger partial charge < -0.3 is 0 Å². The van der Waals surface area contributed by atoms with Gasteiger partial charge in [0.25, 0.3) is 0 Å². The summed E-state index contributed by atoms with van der Waals surface area (Å²) in [6.07, 6.45) is 8.29. The zero-order valence-corrected chi connectivity index (χ0v) is 14.3. The molecular weight excluding hydrogens is 282 g/mol. The van der Waals surface area contributed by atoms with Gasteiger partial charge in [0.15, 0.2) is 5.78 Å². The van der Waals surface area contributed by atoms with Crippen LogP contribution in [0.25, 0.3) is 0 Å². The molecule has 0 spiro atoms. The van der Waals surface area contributed by atoms with E-state index in [0.717, 1.165) is 18.4 Å². The predicted molar refractivity (Wildman–Crippen MR) is 95.6 cm³/mol. The van der Waals surface area contributed by atoms with E-state index >= 15 is 0 Å². The van der Waals surface area contributed by atoms with Gasteiger partial charge in [-0.3, -0.25) is 9.78 Å². The Morgan fingerprint density at radius 3 is 2.35 bits per heavy atom. The number of allylic oxidation sites excluding steroid dienone is 2. The second-order valence-electron chi connectivity index (χ2n) is 6.58. The molecule has 1 heterocycles. The molecule has 1 atom stereocenters. The van der Waals surface area contributed by atoms with E-state index in [9.17, 15) is 4.79 Å². The first kappa shape index (κ1) is 17.1. The van der Waals surface area contributed by atoms with E-state index in [2.05, 4.69) is 31.8 Å². The highest BCUT2D eigenvalue weighted by molar-refractivity contribution is 5.96. The quantitative estimate of drug-likeness (QED) is 0.509. The minimum Gasteiger partial charge on any atom is -0.294 e. The average Bonchev–Trinajstić information content (AvgIpc) is 2.56. The molecular formula is C21H25NO. The normalized spacial score (nSPS) is 13.2. The minimum absolute atomic E-state index is 0.179. The molecule has 0 amide bonds. The summed E-state index contributed by atoms with van der Waals surface area (Å²) in [6.45, 7) is 6.40. The van der Waals surface area contributed by atoms with E-state index in [0.29, 0.717) is 6.42 Å². The van der Waals surface area contributed by atoms with Crippen LogP contribution in [0.3, 0.4) is 0 Å². The molecule has 0 aliphatic carbocycles. The fourth-order valence-electron chi connectivity index (χ4n) is 2.85. The number of pyridine rings is 1. The Labute approximate surface area is 139 Å². The molecule has 1 unspecified atom stereocenters. The number of benzene rings is 1. The molecule has 2 heteroatoms. The van der Waals surface area contributed by atoms with Gasteiger partial charge in [0, 0.05) is 29.8 Å². The zero-order chi connectivity index (χ0) is 16.7. The summed E-state index contributed by atoms with van der Waals surface area (Å²) < 4.78 is 0. The third-order valence-corrected chi connectivity index (χ3v) is 4.27. The Morgan fingerprint density at radius 1 is 1.09 bits per heavy atom. The van der Waals surface area contributed by atoms with Crippen molar-refractivity contribution in [3.05, 3.63) is 77.6 Å². The highest BCUT2D eigenvalue weighted by Crippen LogP contribution is 2.34. The lowest BCUT2D eigenvalue weighted by Gasteiger charge is -2.29. The number of carbonyl (C=O) groups excluding carboxylic acids is 1. The van der Waals surface area contributed by atoms with Crippen LogP contribution >= 0.6 is 0 Å². The summed E-state index contributed by atoms with van der Waals surface area (Å²) in [5.41, 5.74) is 3.10. The number of Topliss-reactive ketones (excluding diaryl/α,β-unsaturated/α-hetero) is 1. The monoisotopic (exact) mass is 307 g/mol. The van der Waals surface area contributed by atoms with Gasteiger partial charge in [-0.05, 0) is 44.4 Å². The zero-order valence-electron chi connectivity index (χ0n) is 14.3. The van der Waals surface area contributed by atoms with Crippen LogP contribution in [0.4, 0.5) is 0 Å². The van der Waals surface area contributed by atoms with E-state index in [1.165, 1.54) is 11.1 Å². The summed E-state index contributed by atoms with van der Waals surface area (Å²) in [6, 6.07) is 13.6. The molecule has 1 aromatic heterocycles. The first-order chi connectivity index (χ1) is 11.0. The molecule has 0 saturated carbocycles. The van der Waals surface area contributed by atoms with Gasteiger partial charge in [0.2, 0.25) is 0 Å². The second kappa shape index (κ2) is 7.87. The van der Waals surface area contributed by atoms with Crippen molar-refractivity contribution in [2.75, 3.05) is 0 Å². The fraction of sp³-hybridized carbons (Fsp3) is 0.333. The van der Waals surface area contributed by atoms with Crippen molar-refractivity contribution < 1.29 is 4.79 Å². The van der Waals surface area contributed by atoms with Crippen molar-refractivity contribution >= 4 is 5.78 Å². The highest BCUT2D eigenvalue weighted by Gasteiger charge is 2.29. The number of hydrogen-bond acceptors (Lipinski definition) is 2. The van der Waals surface area contributed by atoms with Gasteiger partial charge in [0.1, 0.15) is 0 Å². The predicted octanol–water partition coefficient (Wildman–Crippen LogP) is 5.36. The Morgan fingerprint density at radius 2 is 1.74 bits per heavy atom. The van der Waals surface area contributed by atoms with Gasteiger partial charge in [-0.2, -0.15) is 0 Å². The van der Waals surface area contributed by atoms with Crippen LogP contribution in [-0.4, -0.2) is 10.8 Å². The highest BCUT2D eigenvalue weighted by atomic mass is 16.1. The second-order valence-corrected chi connectivity index (χ2v) is 6.58. The summed E-state index contributed by atoms with van der Waals surface area (Å²) in [5, 5.41) is 0. The average molecular weight is 307 g/mol. The molecule has 2 nitrogen and oxygen atoms in total. The van der Waals surface area contributed by atoms with Crippen LogP contribution in [0.2, 0.25) is 0 Å². The Hall–Kier alpha value is -2.22. The van der Waals surface area contributed by atoms with Crippen molar-refractivity contribution in [2.24, 2.45) is 0 Å². The van der Waals surface area contributed by atoms with Gasteiger partial charge in [-0.25, -0.2) is 0 Å². The number of hydrogen-bond donors (Lipinski definition) is 0. The van der Waals surface area contributed by atoms with Crippen molar-refractivity contribution in [2.45, 2.75) is 45.4 Å². The molecule has 2 aromatic rings. The van der Waals surface area contributed by atoms with E-state index in [1.54, 1.807) is 0 Å². The van der Waals surface area contributed by atoms with Crippen LogP contribution in [-0.2, 0) is 5.41 Å². The summed E-state index contributed by atoms with van der Waals surface area (Å²) in [7, 11) is 0. The van der Waals surface area contributed by atoms with Gasteiger partial charge in [-0.15, -0.1) is 0 Å². The molecule has 0 saturated heterocycles. The SMILES string of the molecule is CC(C)=CCCC(C)(CC(=O)c1ccccc1)c1ccncc1. The smallest absolute Gasteiger partial charge is 0.163 e. The van der Waals surface area contributed by atoms with Crippen molar-refractivity contribution in [3.8, 4) is 0 Å². The lowest BCUT2D eigenvalue weighted by Crippen LogP contribution is -2.26. The molecule has 1 aromatic carbocycles. The number of rotatable bonds is 7. The Balaban J connectivity index is 2.23. The van der Waals surface area contributed by atoms with Crippen LogP contribution in [0, 0.1) is 0 Å². The van der Waals surface area contributed by atoms with Crippen LogP contribution in [0.15, 0.2) is 66.5 Å². The maximum absolute atomic E-state index is 12.7. The van der Waals surface area contributed by atoms with Crippen LogP contribution in [0.5, 0.6) is 0 Å². The number of nitrogens with zero attached hydrogens (tertiary/aromatic N) is 1. The molecule has 23 heavy (non-hydrogen) atoms. The van der Waals surface area contributed by atoms with Gasteiger partial charge in [-0.1, -0.05) is 48.9 Å². The fourth-order valence-corrected chi connectivity index (χ4v) is 2.85. The number of carbonyl (C=O) groups is 1. The standard InChI is InChI=1S/C21H25NO/c1-17(2)8-7-13-21(3,19-11-14-22-15-12-19)16-20(23)18-9-5-4-6-10-18/h4-6,8-12,14-15H,7,13,16H2,1-3H3. The minimum atomic E-state index is -0.179. The summed E-state index contributed by atoms with van der Waals surface area (Å²) in [4.78, 5) is 16.8. The molecule has 0 fully saturated rings.